The summed E-state index contributed by atoms with van der Waals surface area (Å²) < 4.78 is 5.13. The molecule has 1 aromatic carbocycles. The van der Waals surface area contributed by atoms with Crippen molar-refractivity contribution in [1.82, 2.24) is 4.90 Å². The largest absolute Gasteiger partial charge is 0.497 e. The predicted octanol–water partition coefficient (Wildman–Crippen LogP) is 2.25. The van der Waals surface area contributed by atoms with Crippen LogP contribution in [-0.2, 0) is 0 Å². The molecule has 0 radical (unpaired) electrons. The molecule has 2 bridgehead atoms. The Bertz CT molecular complexity index is 499. The van der Waals surface area contributed by atoms with E-state index in [2.05, 4.69) is 4.90 Å². The zero-order valence-corrected chi connectivity index (χ0v) is 12.7. The lowest BCUT2D eigenvalue weighted by atomic mass is 9.95. The molecule has 2 aliphatic heterocycles. The van der Waals surface area contributed by atoms with Crippen molar-refractivity contribution in [2.24, 2.45) is 0 Å². The van der Waals surface area contributed by atoms with Gasteiger partial charge in [0.15, 0.2) is 5.78 Å². The number of benzene rings is 1. The highest BCUT2D eigenvalue weighted by Crippen LogP contribution is 2.37. The second-order valence-electron chi connectivity index (χ2n) is 6.23. The number of ether oxygens (including phenoxy) is 1. The Morgan fingerprint density at radius 1 is 1.24 bits per heavy atom. The summed E-state index contributed by atoms with van der Waals surface area (Å²) in [6.45, 7) is 2.00. The number of aliphatic hydroxyl groups is 1. The fourth-order valence-corrected chi connectivity index (χ4v) is 3.95. The lowest BCUT2D eigenvalue weighted by molar-refractivity contribution is 0.0155. The first kappa shape index (κ1) is 14.5. The van der Waals surface area contributed by atoms with Gasteiger partial charge in [0, 0.05) is 17.6 Å². The fourth-order valence-electron chi connectivity index (χ4n) is 3.95. The Kier molecular flexibility index (Phi) is 4.00. The summed E-state index contributed by atoms with van der Waals surface area (Å²) in [6.07, 6.45) is 3.61. The number of piperidine rings is 1. The number of methoxy groups -OCH3 is 1. The number of rotatable bonds is 4. The first-order valence-corrected chi connectivity index (χ1v) is 7.74. The molecule has 0 aromatic heterocycles. The predicted molar refractivity (Wildman–Crippen MR) is 80.7 cm³/mol. The molecule has 0 amide bonds. The van der Waals surface area contributed by atoms with E-state index >= 15 is 0 Å². The van der Waals surface area contributed by atoms with Crippen LogP contribution in [0.3, 0.4) is 0 Å². The molecule has 1 N–H and O–H groups in total. The standard InChI is InChI=1S/C17H23NO3/c1-11(17(20)12-3-7-16(21-2)8-4-12)18-13-5-6-14(18)10-15(19)9-13/h3-4,7-8,11,13-15,19H,5-6,9-10H2,1-2H3. The molecule has 4 nitrogen and oxygen atoms in total. The maximum absolute atomic E-state index is 12.7. The molecule has 3 unspecified atom stereocenters. The van der Waals surface area contributed by atoms with Gasteiger partial charge in [0.25, 0.3) is 0 Å². The van der Waals surface area contributed by atoms with E-state index in [1.54, 1.807) is 7.11 Å². The van der Waals surface area contributed by atoms with Gasteiger partial charge < -0.3 is 9.84 Å². The van der Waals surface area contributed by atoms with Gasteiger partial charge in [-0.3, -0.25) is 9.69 Å². The molecule has 2 heterocycles. The summed E-state index contributed by atoms with van der Waals surface area (Å²) >= 11 is 0. The normalized spacial score (nSPS) is 30.1. The van der Waals surface area contributed by atoms with Crippen molar-refractivity contribution in [2.45, 2.75) is 56.8 Å². The van der Waals surface area contributed by atoms with E-state index in [9.17, 15) is 9.90 Å². The number of fused-ring (bicyclic) bond motifs is 2. The summed E-state index contributed by atoms with van der Waals surface area (Å²) in [5.74, 6) is 0.923. The average molecular weight is 289 g/mol. The van der Waals surface area contributed by atoms with Crippen LogP contribution in [-0.4, -0.2) is 47.1 Å². The molecule has 3 atom stereocenters. The molecule has 3 rings (SSSR count). The second-order valence-corrected chi connectivity index (χ2v) is 6.23. The van der Waals surface area contributed by atoms with E-state index in [4.69, 9.17) is 4.74 Å². The number of Topliss-reactive ketones (excluding diaryl/α,β-unsaturated/α-hetero) is 1. The maximum Gasteiger partial charge on any atom is 0.179 e. The van der Waals surface area contributed by atoms with E-state index < -0.39 is 0 Å². The Morgan fingerprint density at radius 3 is 2.33 bits per heavy atom. The Balaban J connectivity index is 1.75. The molecule has 21 heavy (non-hydrogen) atoms. The lowest BCUT2D eigenvalue weighted by Gasteiger charge is -2.40. The average Bonchev–Trinajstić information content (AvgIpc) is 2.77. The maximum atomic E-state index is 12.7. The molecule has 0 saturated carbocycles. The van der Waals surface area contributed by atoms with E-state index in [-0.39, 0.29) is 17.9 Å². The van der Waals surface area contributed by atoms with Crippen molar-refractivity contribution >= 4 is 5.78 Å². The summed E-state index contributed by atoms with van der Waals surface area (Å²) in [5, 5.41) is 9.88. The van der Waals surface area contributed by atoms with Crippen LogP contribution in [0, 0.1) is 0 Å². The summed E-state index contributed by atoms with van der Waals surface area (Å²) in [7, 11) is 1.62. The minimum Gasteiger partial charge on any atom is -0.497 e. The molecule has 2 fully saturated rings. The number of aliphatic hydroxyl groups excluding tert-OH is 1. The third kappa shape index (κ3) is 2.70. The topological polar surface area (TPSA) is 49.8 Å². The number of hydrogen-bond acceptors (Lipinski definition) is 4. The molecular formula is C17H23NO3. The van der Waals surface area contributed by atoms with Crippen LogP contribution in [0.5, 0.6) is 5.75 Å². The van der Waals surface area contributed by atoms with Gasteiger partial charge in [-0.1, -0.05) is 0 Å². The molecule has 4 heteroatoms. The van der Waals surface area contributed by atoms with Crippen molar-refractivity contribution in [3.05, 3.63) is 29.8 Å². The third-order valence-electron chi connectivity index (χ3n) is 4.97. The molecule has 2 saturated heterocycles. The van der Waals surface area contributed by atoms with Gasteiger partial charge in [-0.15, -0.1) is 0 Å². The second kappa shape index (κ2) is 5.78. The van der Waals surface area contributed by atoms with Crippen LogP contribution in [0.1, 0.15) is 43.0 Å². The van der Waals surface area contributed by atoms with Gasteiger partial charge in [0.1, 0.15) is 5.75 Å². The van der Waals surface area contributed by atoms with Crippen LogP contribution in [0.15, 0.2) is 24.3 Å². The van der Waals surface area contributed by atoms with Crippen molar-refractivity contribution in [1.29, 1.82) is 0 Å². The fraction of sp³-hybridized carbons (Fsp3) is 0.588. The highest BCUT2D eigenvalue weighted by atomic mass is 16.5. The van der Waals surface area contributed by atoms with Crippen LogP contribution < -0.4 is 4.74 Å². The van der Waals surface area contributed by atoms with E-state index in [0.29, 0.717) is 12.1 Å². The lowest BCUT2D eigenvalue weighted by Crippen LogP contribution is -2.51. The number of carbonyl (C=O) groups excluding carboxylic acids is 1. The monoisotopic (exact) mass is 289 g/mol. The first-order chi connectivity index (χ1) is 10.1. The SMILES string of the molecule is COc1ccc(C(=O)C(C)N2C3CCC2CC(O)C3)cc1. The van der Waals surface area contributed by atoms with Gasteiger partial charge >= 0.3 is 0 Å². The Morgan fingerprint density at radius 2 is 1.81 bits per heavy atom. The first-order valence-electron chi connectivity index (χ1n) is 7.74. The highest BCUT2D eigenvalue weighted by Gasteiger charge is 2.43. The molecule has 114 valence electrons. The van der Waals surface area contributed by atoms with Crippen molar-refractivity contribution < 1.29 is 14.6 Å². The summed E-state index contributed by atoms with van der Waals surface area (Å²) in [5.41, 5.74) is 0.730. The quantitative estimate of drug-likeness (QED) is 0.864. The van der Waals surface area contributed by atoms with Crippen molar-refractivity contribution in [2.75, 3.05) is 7.11 Å². The number of ketones is 1. The molecule has 0 aliphatic carbocycles. The highest BCUT2D eigenvalue weighted by molar-refractivity contribution is 6.00. The van der Waals surface area contributed by atoms with E-state index in [1.165, 1.54) is 0 Å². The summed E-state index contributed by atoms with van der Waals surface area (Å²) in [6, 6.07) is 7.91. The Hall–Kier alpha value is -1.39. The Labute approximate surface area is 125 Å². The molecule has 1 aromatic rings. The van der Waals surface area contributed by atoms with Gasteiger partial charge in [-0.25, -0.2) is 0 Å². The van der Waals surface area contributed by atoms with Gasteiger partial charge in [-0.2, -0.15) is 0 Å². The number of carbonyl (C=O) groups is 1. The van der Waals surface area contributed by atoms with Crippen molar-refractivity contribution in [3.63, 3.8) is 0 Å². The van der Waals surface area contributed by atoms with Gasteiger partial charge in [-0.05, 0) is 56.9 Å². The van der Waals surface area contributed by atoms with Crippen molar-refractivity contribution in [3.8, 4) is 5.75 Å². The van der Waals surface area contributed by atoms with Crippen LogP contribution in [0.2, 0.25) is 0 Å². The minimum absolute atomic E-state index is 0.122. The van der Waals surface area contributed by atoms with E-state index in [1.807, 2.05) is 31.2 Å². The minimum atomic E-state index is -0.193. The third-order valence-corrected chi connectivity index (χ3v) is 4.97. The van der Waals surface area contributed by atoms with Crippen LogP contribution in [0.25, 0.3) is 0 Å². The smallest absolute Gasteiger partial charge is 0.179 e. The van der Waals surface area contributed by atoms with Gasteiger partial charge in [0.2, 0.25) is 0 Å². The molecule has 0 spiro atoms. The molecule has 2 aliphatic rings. The number of nitrogens with zero attached hydrogens (tertiary/aromatic N) is 1. The zero-order valence-electron chi connectivity index (χ0n) is 12.7. The van der Waals surface area contributed by atoms with E-state index in [0.717, 1.165) is 37.0 Å². The van der Waals surface area contributed by atoms with Crippen LogP contribution >= 0.6 is 0 Å². The van der Waals surface area contributed by atoms with Gasteiger partial charge in [0.05, 0.1) is 19.3 Å². The van der Waals surface area contributed by atoms with Crippen LogP contribution in [0.4, 0.5) is 0 Å². The number of hydrogen-bond donors (Lipinski definition) is 1. The summed E-state index contributed by atoms with van der Waals surface area (Å²) in [4.78, 5) is 15.0. The zero-order chi connectivity index (χ0) is 15.0. The molecular weight excluding hydrogens is 266 g/mol.